The molecule has 0 saturated carbocycles. The van der Waals surface area contributed by atoms with Crippen molar-refractivity contribution >= 4 is 67.7 Å². The summed E-state index contributed by atoms with van der Waals surface area (Å²) in [6.45, 7) is 3.45. The first-order valence-electron chi connectivity index (χ1n) is 22.1. The Hall–Kier alpha value is -7.30. The monoisotopic (exact) mass is 1080 g/mol. The van der Waals surface area contributed by atoms with Crippen LogP contribution in [0.5, 0.6) is 46.0 Å². The Balaban J connectivity index is 0.000000289. The molecule has 0 fully saturated rings. The normalized spacial score (nSPS) is 10.5. The van der Waals surface area contributed by atoms with Crippen molar-refractivity contribution in [3.05, 3.63) is 167 Å². The highest BCUT2D eigenvalue weighted by Gasteiger charge is 2.17. The van der Waals surface area contributed by atoms with Gasteiger partial charge < -0.3 is 38.6 Å². The van der Waals surface area contributed by atoms with Crippen molar-refractivity contribution in [1.29, 1.82) is 0 Å². The molecule has 6 rings (SSSR count). The smallest absolute Gasteiger partial charge is 0.343 e. The number of hydrogen-bond acceptors (Lipinski definition) is 14. The van der Waals surface area contributed by atoms with Crippen LogP contribution in [0.3, 0.4) is 0 Å². The van der Waals surface area contributed by atoms with Gasteiger partial charge in [-0.1, -0.05) is 44.7 Å². The number of benzene rings is 6. The SMILES string of the molecule is Cc1cc(OC(=O)c2ccc(O)cc2)ccc1OC(=O)c1ccc(O)cc1.Cc1cc(OC(=O)c2ccc(OC(=O)CCCCCBr)cc2)ccc1OC(=O)c1ccc(OC(=O)CCCCCBr)cc1. The Labute approximate surface area is 421 Å². The molecule has 70 heavy (non-hydrogen) atoms. The first-order valence-corrected chi connectivity index (χ1v) is 24.4. The molecule has 6 aromatic rings. The van der Waals surface area contributed by atoms with Crippen molar-refractivity contribution < 1.29 is 67.4 Å². The van der Waals surface area contributed by atoms with E-state index in [2.05, 4.69) is 31.9 Å². The standard InChI is InChI=1S/C33H34Br2O8.C21H16O6/c1-23-22-28(42-32(38)24-10-14-26(15-11-24)40-30(36)8-4-2-6-20-34)18-19-29(23)43-33(39)25-12-16-27(17-13-25)41-31(37)9-5-3-7-21-35;1-13-12-18(26-20(24)14-2-6-16(22)7-3-14)10-11-19(13)27-21(25)15-4-8-17(23)9-5-15/h10-19,22H,2-9,20-21H2,1H3;2-12,22-23H,1H3. The Morgan fingerprint density at radius 2 is 0.671 bits per heavy atom. The molecule has 364 valence electrons. The van der Waals surface area contributed by atoms with Crippen molar-refractivity contribution in [1.82, 2.24) is 0 Å². The van der Waals surface area contributed by atoms with E-state index in [1.165, 1.54) is 91.0 Å². The molecule has 0 amide bonds. The summed E-state index contributed by atoms with van der Waals surface area (Å²) in [6.07, 6.45) is 6.09. The quantitative estimate of drug-likeness (QED) is 0.0317. The Bertz CT molecular complexity index is 2720. The van der Waals surface area contributed by atoms with Crippen LogP contribution in [0.1, 0.15) is 104 Å². The van der Waals surface area contributed by atoms with Gasteiger partial charge in [-0.05, 0) is 184 Å². The van der Waals surface area contributed by atoms with E-state index in [1.807, 2.05) is 0 Å². The summed E-state index contributed by atoms with van der Waals surface area (Å²) in [6, 6.07) is 33.0. The second-order valence-electron chi connectivity index (χ2n) is 15.5. The zero-order valence-corrected chi connectivity index (χ0v) is 41.5. The van der Waals surface area contributed by atoms with Gasteiger partial charge in [-0.3, -0.25) is 9.59 Å². The highest BCUT2D eigenvalue weighted by molar-refractivity contribution is 9.09. The lowest BCUT2D eigenvalue weighted by Gasteiger charge is -2.11. The predicted molar refractivity (Wildman–Crippen MR) is 267 cm³/mol. The number of carbonyl (C=O) groups is 6. The number of hydrogen-bond donors (Lipinski definition) is 2. The molecule has 0 bridgehead atoms. The molecule has 16 heteroatoms. The largest absolute Gasteiger partial charge is 0.508 e. The average Bonchev–Trinajstić information content (AvgIpc) is 3.34. The van der Waals surface area contributed by atoms with E-state index in [9.17, 15) is 39.0 Å². The number of esters is 6. The van der Waals surface area contributed by atoms with Gasteiger partial charge in [0.1, 0.15) is 46.0 Å². The number of rotatable bonds is 20. The molecule has 0 saturated heterocycles. The van der Waals surface area contributed by atoms with Gasteiger partial charge >= 0.3 is 35.8 Å². The van der Waals surface area contributed by atoms with E-state index in [0.29, 0.717) is 63.8 Å². The summed E-state index contributed by atoms with van der Waals surface area (Å²) in [7, 11) is 0. The van der Waals surface area contributed by atoms with Crippen LogP contribution >= 0.6 is 31.9 Å². The fraction of sp³-hybridized carbons (Fsp3) is 0.222. The van der Waals surface area contributed by atoms with E-state index in [1.54, 1.807) is 56.3 Å². The van der Waals surface area contributed by atoms with E-state index < -0.39 is 23.9 Å². The summed E-state index contributed by atoms with van der Waals surface area (Å²) >= 11 is 6.73. The fourth-order valence-electron chi connectivity index (χ4n) is 6.21. The second-order valence-corrected chi connectivity index (χ2v) is 17.1. The van der Waals surface area contributed by atoms with E-state index in [0.717, 1.165) is 49.2 Å². The Morgan fingerprint density at radius 1 is 0.371 bits per heavy atom. The molecule has 0 spiro atoms. The number of aryl methyl sites for hydroxylation is 2. The molecular formula is C54H50Br2O14. The summed E-state index contributed by atoms with van der Waals surface area (Å²) in [5, 5.41) is 20.3. The zero-order chi connectivity index (χ0) is 50.4. The first kappa shape index (κ1) is 53.7. The number of unbranched alkanes of at least 4 members (excludes halogenated alkanes) is 4. The van der Waals surface area contributed by atoms with Crippen molar-refractivity contribution in [3.63, 3.8) is 0 Å². The van der Waals surface area contributed by atoms with E-state index >= 15 is 0 Å². The number of alkyl halides is 2. The first-order chi connectivity index (χ1) is 33.7. The molecule has 0 heterocycles. The van der Waals surface area contributed by atoms with Gasteiger partial charge in [-0.25, -0.2) is 19.2 Å². The lowest BCUT2D eigenvalue weighted by Crippen LogP contribution is -2.11. The topological polar surface area (TPSA) is 198 Å². The van der Waals surface area contributed by atoms with Crippen LogP contribution < -0.4 is 28.4 Å². The molecule has 0 aromatic heterocycles. The number of ether oxygens (including phenoxy) is 6. The van der Waals surface area contributed by atoms with Gasteiger partial charge in [0.05, 0.1) is 22.3 Å². The molecule has 0 atom stereocenters. The van der Waals surface area contributed by atoms with E-state index in [4.69, 9.17) is 28.4 Å². The van der Waals surface area contributed by atoms with Crippen LogP contribution in [-0.2, 0) is 9.59 Å². The van der Waals surface area contributed by atoms with Gasteiger partial charge in [0.2, 0.25) is 0 Å². The minimum atomic E-state index is -0.587. The highest BCUT2D eigenvalue weighted by Crippen LogP contribution is 2.28. The molecular weight excluding hydrogens is 1030 g/mol. The minimum absolute atomic E-state index is 0.0576. The third-order valence-electron chi connectivity index (χ3n) is 10.00. The summed E-state index contributed by atoms with van der Waals surface area (Å²) < 4.78 is 32.3. The predicted octanol–water partition coefficient (Wildman–Crippen LogP) is 12.0. The molecule has 0 aliphatic heterocycles. The number of halogens is 2. The number of aromatic hydroxyl groups is 2. The molecule has 2 N–H and O–H groups in total. The average molecular weight is 1080 g/mol. The van der Waals surface area contributed by atoms with Crippen molar-refractivity contribution in [3.8, 4) is 46.0 Å². The summed E-state index contributed by atoms with van der Waals surface area (Å²) in [5.74, 6) is -0.879. The maximum atomic E-state index is 12.7. The van der Waals surface area contributed by atoms with E-state index in [-0.39, 0.29) is 40.3 Å². The summed E-state index contributed by atoms with van der Waals surface area (Å²) in [5.41, 5.74) is 2.37. The van der Waals surface area contributed by atoms with Gasteiger partial charge in [0.25, 0.3) is 0 Å². The van der Waals surface area contributed by atoms with Gasteiger partial charge in [-0.15, -0.1) is 0 Å². The van der Waals surface area contributed by atoms with Gasteiger partial charge in [-0.2, -0.15) is 0 Å². The number of phenols is 2. The maximum Gasteiger partial charge on any atom is 0.343 e. The lowest BCUT2D eigenvalue weighted by molar-refractivity contribution is -0.135. The van der Waals surface area contributed by atoms with Crippen LogP contribution in [-0.4, -0.2) is 56.7 Å². The number of phenolic OH excluding ortho intramolecular Hbond substituents is 2. The minimum Gasteiger partial charge on any atom is -0.508 e. The molecule has 0 unspecified atom stereocenters. The lowest BCUT2D eigenvalue weighted by atomic mass is 10.2. The van der Waals surface area contributed by atoms with Crippen LogP contribution in [0, 0.1) is 13.8 Å². The van der Waals surface area contributed by atoms with Crippen molar-refractivity contribution in [2.24, 2.45) is 0 Å². The summed E-state index contributed by atoms with van der Waals surface area (Å²) in [4.78, 5) is 73.5. The van der Waals surface area contributed by atoms with Gasteiger partial charge in [0.15, 0.2) is 0 Å². The van der Waals surface area contributed by atoms with Crippen molar-refractivity contribution in [2.75, 3.05) is 10.7 Å². The van der Waals surface area contributed by atoms with Crippen LogP contribution in [0.2, 0.25) is 0 Å². The van der Waals surface area contributed by atoms with Crippen LogP contribution in [0.15, 0.2) is 133 Å². The maximum absolute atomic E-state index is 12.7. The fourth-order valence-corrected chi connectivity index (χ4v) is 7.00. The third-order valence-corrected chi connectivity index (χ3v) is 11.1. The second kappa shape index (κ2) is 27.6. The highest BCUT2D eigenvalue weighted by atomic mass is 79.9. The Kier molecular flexibility index (Phi) is 21.2. The van der Waals surface area contributed by atoms with Gasteiger partial charge in [0, 0.05) is 23.5 Å². The molecule has 6 aromatic carbocycles. The Morgan fingerprint density at radius 3 is 0.986 bits per heavy atom. The molecule has 0 radical (unpaired) electrons. The molecule has 0 aliphatic rings. The molecule has 14 nitrogen and oxygen atoms in total. The third kappa shape index (κ3) is 17.7. The van der Waals surface area contributed by atoms with Crippen molar-refractivity contribution in [2.45, 2.75) is 65.2 Å². The zero-order valence-electron chi connectivity index (χ0n) is 38.3. The number of carbonyl (C=O) groups excluding carboxylic acids is 6. The van der Waals surface area contributed by atoms with Crippen LogP contribution in [0.4, 0.5) is 0 Å². The molecule has 0 aliphatic carbocycles. The van der Waals surface area contributed by atoms with Crippen LogP contribution in [0.25, 0.3) is 0 Å².